The zero-order valence-electron chi connectivity index (χ0n) is 13.2. The Bertz CT molecular complexity index is 951. The van der Waals surface area contributed by atoms with Crippen molar-refractivity contribution in [2.45, 2.75) is 16.9 Å². The lowest BCUT2D eigenvalue weighted by Crippen LogP contribution is -2.13. The van der Waals surface area contributed by atoms with Crippen molar-refractivity contribution in [3.05, 3.63) is 65.6 Å². The molecule has 1 N–H and O–H groups in total. The van der Waals surface area contributed by atoms with Gasteiger partial charge in [0.1, 0.15) is 23.2 Å². The first-order valence-corrected chi connectivity index (χ1v) is 8.15. The van der Waals surface area contributed by atoms with E-state index in [1.807, 2.05) is 36.4 Å². The highest BCUT2D eigenvalue weighted by atomic mass is 32.2. The van der Waals surface area contributed by atoms with Gasteiger partial charge in [-0.3, -0.25) is 4.79 Å². The number of furan rings is 1. The van der Waals surface area contributed by atoms with Crippen LogP contribution in [0.25, 0.3) is 6.08 Å². The summed E-state index contributed by atoms with van der Waals surface area (Å²) in [7, 11) is 0. The molecule has 2 heterocycles. The Hall–Kier alpha value is -3.24. The molecular weight excluding hydrogens is 338 g/mol. The third-order valence-corrected chi connectivity index (χ3v) is 4.01. The molecule has 0 bridgehead atoms. The number of aromatic nitrogens is 1. The number of rotatable bonds is 5. The lowest BCUT2D eigenvalue weighted by atomic mass is 10.2. The average Bonchev–Trinajstić information content (AvgIpc) is 3.22. The minimum atomic E-state index is -0.579. The van der Waals surface area contributed by atoms with E-state index in [2.05, 4.69) is 10.5 Å². The van der Waals surface area contributed by atoms with Crippen molar-refractivity contribution in [3.8, 4) is 6.07 Å². The number of nitrogens with one attached hydrogen (secondary N) is 1. The van der Waals surface area contributed by atoms with Crippen LogP contribution >= 0.6 is 11.8 Å². The van der Waals surface area contributed by atoms with Crippen LogP contribution in [0.5, 0.6) is 0 Å². The van der Waals surface area contributed by atoms with Gasteiger partial charge >= 0.3 is 0 Å². The summed E-state index contributed by atoms with van der Waals surface area (Å²) in [5, 5.41) is 16.0. The molecule has 1 amide bonds. The van der Waals surface area contributed by atoms with Crippen LogP contribution in [-0.2, 0) is 4.79 Å². The molecule has 0 aliphatic heterocycles. The maximum atomic E-state index is 12.1. The van der Waals surface area contributed by atoms with Gasteiger partial charge in [0.2, 0.25) is 0 Å². The van der Waals surface area contributed by atoms with Crippen LogP contribution in [0.15, 0.2) is 73.0 Å². The maximum Gasteiger partial charge on any atom is 0.267 e. The van der Waals surface area contributed by atoms with Crippen molar-refractivity contribution < 1.29 is 13.7 Å². The lowest BCUT2D eigenvalue weighted by Gasteiger charge is -1.99. The van der Waals surface area contributed by atoms with Gasteiger partial charge in [-0.05, 0) is 31.2 Å². The fourth-order valence-electron chi connectivity index (χ4n) is 1.97. The van der Waals surface area contributed by atoms with E-state index in [4.69, 9.17) is 8.94 Å². The predicted molar refractivity (Wildman–Crippen MR) is 92.7 cm³/mol. The van der Waals surface area contributed by atoms with Gasteiger partial charge in [-0.15, -0.1) is 0 Å². The van der Waals surface area contributed by atoms with Crippen molar-refractivity contribution in [1.82, 2.24) is 5.16 Å². The monoisotopic (exact) mass is 351 g/mol. The van der Waals surface area contributed by atoms with Crippen LogP contribution in [0.2, 0.25) is 0 Å². The van der Waals surface area contributed by atoms with Gasteiger partial charge in [-0.25, -0.2) is 0 Å². The van der Waals surface area contributed by atoms with E-state index >= 15 is 0 Å². The Morgan fingerprint density at radius 2 is 2.08 bits per heavy atom. The van der Waals surface area contributed by atoms with Gasteiger partial charge in [0.15, 0.2) is 10.9 Å². The largest absolute Gasteiger partial charge is 0.450 e. The topological polar surface area (TPSA) is 92.1 Å². The Morgan fingerprint density at radius 1 is 1.28 bits per heavy atom. The van der Waals surface area contributed by atoms with E-state index in [9.17, 15) is 10.1 Å². The summed E-state index contributed by atoms with van der Waals surface area (Å²) >= 11 is 1.46. The molecule has 0 atom stereocenters. The van der Waals surface area contributed by atoms with Crippen molar-refractivity contribution in [2.24, 2.45) is 0 Å². The summed E-state index contributed by atoms with van der Waals surface area (Å²) in [5.74, 6) is 0.653. The van der Waals surface area contributed by atoms with Crippen molar-refractivity contribution in [2.75, 3.05) is 5.32 Å². The highest BCUT2D eigenvalue weighted by Crippen LogP contribution is 2.29. The summed E-state index contributed by atoms with van der Waals surface area (Å²) in [5.41, 5.74) is -0.0914. The second-order valence-electron chi connectivity index (χ2n) is 5.02. The van der Waals surface area contributed by atoms with Crippen LogP contribution in [0.3, 0.4) is 0 Å². The van der Waals surface area contributed by atoms with Gasteiger partial charge in [0.05, 0.1) is 0 Å². The molecule has 2 aromatic heterocycles. The van der Waals surface area contributed by atoms with Crippen molar-refractivity contribution >= 4 is 29.6 Å². The Morgan fingerprint density at radius 3 is 2.76 bits per heavy atom. The first-order chi connectivity index (χ1) is 12.1. The van der Waals surface area contributed by atoms with Crippen LogP contribution in [-0.4, -0.2) is 11.1 Å². The molecule has 124 valence electrons. The number of hydrogen-bond acceptors (Lipinski definition) is 6. The normalized spacial score (nSPS) is 11.1. The molecule has 0 aliphatic carbocycles. The Labute approximate surface area is 148 Å². The third kappa shape index (κ3) is 4.40. The molecule has 0 aliphatic rings. The molecule has 0 saturated carbocycles. The van der Waals surface area contributed by atoms with Crippen molar-refractivity contribution in [1.29, 1.82) is 5.26 Å². The Balaban J connectivity index is 1.72. The number of nitrogens with zero attached hydrogens (tertiary/aromatic N) is 2. The molecule has 6 nitrogen and oxygen atoms in total. The van der Waals surface area contributed by atoms with E-state index in [1.54, 1.807) is 25.1 Å². The lowest BCUT2D eigenvalue weighted by molar-refractivity contribution is -0.112. The number of nitriles is 1. The summed E-state index contributed by atoms with van der Waals surface area (Å²) in [6, 6.07) is 16.7. The second kappa shape index (κ2) is 7.55. The molecule has 0 fully saturated rings. The van der Waals surface area contributed by atoms with Gasteiger partial charge in [0.25, 0.3) is 5.91 Å². The van der Waals surface area contributed by atoms with E-state index in [0.29, 0.717) is 16.6 Å². The first kappa shape index (κ1) is 16.6. The minimum absolute atomic E-state index is 0.0914. The van der Waals surface area contributed by atoms with E-state index in [1.165, 1.54) is 17.8 Å². The molecule has 0 spiro atoms. The molecule has 25 heavy (non-hydrogen) atoms. The Kier molecular flexibility index (Phi) is 5.02. The SMILES string of the molecule is Cc1cc(NC(=O)/C(C#N)=C\c2ccc(Sc3ccccc3)o2)no1. The standard InChI is InChI=1S/C18H13N3O3S/c1-12-9-16(21-24-12)20-18(22)13(11-19)10-14-7-8-17(23-14)25-15-5-3-2-4-6-15/h2-10H,1H3,(H,20,21,22)/b13-10-. The van der Waals surface area contributed by atoms with E-state index in [-0.39, 0.29) is 11.4 Å². The number of aryl methyl sites for hydroxylation is 1. The van der Waals surface area contributed by atoms with E-state index in [0.717, 1.165) is 4.90 Å². The number of carbonyl (C=O) groups is 1. The molecule has 0 unspecified atom stereocenters. The first-order valence-electron chi connectivity index (χ1n) is 7.33. The zero-order chi connectivity index (χ0) is 17.6. The van der Waals surface area contributed by atoms with Crippen LogP contribution < -0.4 is 5.32 Å². The van der Waals surface area contributed by atoms with Crippen LogP contribution in [0.4, 0.5) is 5.82 Å². The van der Waals surface area contributed by atoms with Gasteiger partial charge in [-0.1, -0.05) is 35.1 Å². The van der Waals surface area contributed by atoms with Gasteiger partial charge in [-0.2, -0.15) is 5.26 Å². The summed E-state index contributed by atoms with van der Waals surface area (Å²) in [4.78, 5) is 13.2. The van der Waals surface area contributed by atoms with Crippen LogP contribution in [0.1, 0.15) is 11.5 Å². The van der Waals surface area contributed by atoms with Gasteiger partial charge < -0.3 is 14.3 Å². The summed E-state index contributed by atoms with van der Waals surface area (Å²) in [6.45, 7) is 1.71. The number of hydrogen-bond donors (Lipinski definition) is 1. The molecular formula is C18H13N3O3S. The number of carbonyl (C=O) groups excluding carboxylic acids is 1. The predicted octanol–water partition coefficient (Wildman–Crippen LogP) is 4.27. The van der Waals surface area contributed by atoms with Gasteiger partial charge in [0, 0.05) is 17.0 Å². The molecule has 3 rings (SSSR count). The number of amides is 1. The molecule has 3 aromatic rings. The number of anilines is 1. The highest BCUT2D eigenvalue weighted by Gasteiger charge is 2.13. The summed E-state index contributed by atoms with van der Waals surface area (Å²) < 4.78 is 10.5. The fourth-order valence-corrected chi connectivity index (χ4v) is 2.77. The maximum absolute atomic E-state index is 12.1. The van der Waals surface area contributed by atoms with Crippen molar-refractivity contribution in [3.63, 3.8) is 0 Å². The molecule has 1 aromatic carbocycles. The zero-order valence-corrected chi connectivity index (χ0v) is 14.0. The minimum Gasteiger partial charge on any atom is -0.450 e. The highest BCUT2D eigenvalue weighted by molar-refractivity contribution is 7.99. The second-order valence-corrected chi connectivity index (χ2v) is 6.10. The number of benzene rings is 1. The third-order valence-electron chi connectivity index (χ3n) is 3.09. The quantitative estimate of drug-likeness (QED) is 0.545. The molecule has 7 heteroatoms. The molecule has 0 radical (unpaired) electrons. The fraction of sp³-hybridized carbons (Fsp3) is 0.0556. The summed E-state index contributed by atoms with van der Waals surface area (Å²) in [6.07, 6.45) is 1.39. The average molecular weight is 351 g/mol. The molecule has 0 saturated heterocycles. The smallest absolute Gasteiger partial charge is 0.267 e. The van der Waals surface area contributed by atoms with Crippen LogP contribution in [0, 0.1) is 18.3 Å². The van der Waals surface area contributed by atoms with E-state index < -0.39 is 5.91 Å².